The number of ketones is 1. The van der Waals surface area contributed by atoms with Crippen LogP contribution >= 0.6 is 12.4 Å². The summed E-state index contributed by atoms with van der Waals surface area (Å²) in [7, 11) is 0. The molecule has 0 spiro atoms. The van der Waals surface area contributed by atoms with Crippen molar-refractivity contribution < 1.29 is 14.3 Å². The minimum atomic E-state index is -0.203. The molecule has 1 unspecified atom stereocenters. The number of nitrogens with zero attached hydrogens (tertiary/aromatic N) is 1. The maximum absolute atomic E-state index is 12.0. The molecule has 0 aliphatic carbocycles. The third kappa shape index (κ3) is 5.78. The van der Waals surface area contributed by atoms with Crippen LogP contribution in [-0.4, -0.2) is 36.3 Å². The maximum atomic E-state index is 12.0. The molecule has 5 heteroatoms. The third-order valence-electron chi connectivity index (χ3n) is 3.86. The number of halogens is 1. The molecule has 1 fully saturated rings. The van der Waals surface area contributed by atoms with Crippen LogP contribution in [0.25, 0.3) is 0 Å². The minimum absolute atomic E-state index is 0. The lowest BCUT2D eigenvalue weighted by Crippen LogP contribution is -2.40. The Morgan fingerprint density at radius 1 is 1.32 bits per heavy atom. The SMILES string of the molecule is CCOC(=O)CCC1CN(Cc2ccccc2)CCC1=O.Cl. The van der Waals surface area contributed by atoms with Crippen molar-refractivity contribution in [1.82, 2.24) is 4.90 Å². The Morgan fingerprint density at radius 2 is 2.05 bits per heavy atom. The number of benzene rings is 1. The first-order valence-electron chi connectivity index (χ1n) is 7.63. The van der Waals surface area contributed by atoms with Crippen molar-refractivity contribution in [3.05, 3.63) is 35.9 Å². The summed E-state index contributed by atoms with van der Waals surface area (Å²) < 4.78 is 4.93. The molecule has 122 valence electrons. The lowest BCUT2D eigenvalue weighted by atomic mass is 9.91. The molecule has 0 radical (unpaired) electrons. The molecule has 1 saturated heterocycles. The van der Waals surface area contributed by atoms with E-state index in [-0.39, 0.29) is 30.1 Å². The topological polar surface area (TPSA) is 46.6 Å². The van der Waals surface area contributed by atoms with Gasteiger partial charge in [-0.2, -0.15) is 0 Å². The minimum Gasteiger partial charge on any atom is -0.466 e. The van der Waals surface area contributed by atoms with Crippen LogP contribution in [0.3, 0.4) is 0 Å². The molecule has 2 rings (SSSR count). The fraction of sp³-hybridized carbons (Fsp3) is 0.529. The molecule has 1 heterocycles. The molecular weight excluding hydrogens is 302 g/mol. The number of Topliss-reactive ketones (excluding diaryl/α,β-unsaturated/α-hetero) is 1. The molecule has 0 amide bonds. The molecule has 1 aliphatic heterocycles. The number of rotatable bonds is 6. The third-order valence-corrected chi connectivity index (χ3v) is 3.86. The van der Waals surface area contributed by atoms with Gasteiger partial charge in [0.25, 0.3) is 0 Å². The molecule has 1 aliphatic rings. The van der Waals surface area contributed by atoms with E-state index in [0.29, 0.717) is 25.9 Å². The summed E-state index contributed by atoms with van der Waals surface area (Å²) in [6, 6.07) is 10.3. The van der Waals surface area contributed by atoms with Crippen molar-refractivity contribution in [3.63, 3.8) is 0 Å². The number of carbonyl (C=O) groups is 2. The normalized spacial score (nSPS) is 18.6. The largest absolute Gasteiger partial charge is 0.466 e. The Labute approximate surface area is 138 Å². The zero-order chi connectivity index (χ0) is 15.1. The predicted octanol–water partition coefficient (Wildman–Crippen LogP) is 2.84. The lowest BCUT2D eigenvalue weighted by molar-refractivity contribution is -0.143. The predicted molar refractivity (Wildman–Crippen MR) is 87.9 cm³/mol. The van der Waals surface area contributed by atoms with E-state index in [9.17, 15) is 9.59 Å². The highest BCUT2D eigenvalue weighted by Crippen LogP contribution is 2.20. The zero-order valence-corrected chi connectivity index (χ0v) is 13.8. The molecule has 0 aromatic heterocycles. The Morgan fingerprint density at radius 3 is 2.73 bits per heavy atom. The van der Waals surface area contributed by atoms with Crippen molar-refractivity contribution in [2.45, 2.75) is 32.7 Å². The van der Waals surface area contributed by atoms with E-state index >= 15 is 0 Å². The van der Waals surface area contributed by atoms with Crippen molar-refractivity contribution in [3.8, 4) is 0 Å². The highest BCUT2D eigenvalue weighted by atomic mass is 35.5. The first kappa shape index (κ1) is 18.7. The van der Waals surface area contributed by atoms with Crippen molar-refractivity contribution in [1.29, 1.82) is 0 Å². The Hall–Kier alpha value is -1.39. The van der Waals surface area contributed by atoms with Crippen LogP contribution in [0.5, 0.6) is 0 Å². The molecule has 22 heavy (non-hydrogen) atoms. The summed E-state index contributed by atoms with van der Waals surface area (Å²) in [5.41, 5.74) is 1.26. The number of piperidine rings is 1. The van der Waals surface area contributed by atoms with Crippen LogP contribution in [-0.2, 0) is 20.9 Å². The molecular formula is C17H24ClNO3. The van der Waals surface area contributed by atoms with E-state index in [1.165, 1.54) is 5.56 Å². The van der Waals surface area contributed by atoms with Crippen LogP contribution in [0.2, 0.25) is 0 Å². The van der Waals surface area contributed by atoms with Crippen molar-refractivity contribution >= 4 is 24.2 Å². The number of hydrogen-bond donors (Lipinski definition) is 0. The second-order valence-corrected chi connectivity index (χ2v) is 5.48. The van der Waals surface area contributed by atoms with Gasteiger partial charge >= 0.3 is 5.97 Å². The fourth-order valence-electron chi connectivity index (χ4n) is 2.74. The van der Waals surface area contributed by atoms with Gasteiger partial charge in [-0.15, -0.1) is 12.4 Å². The summed E-state index contributed by atoms with van der Waals surface area (Å²) in [4.78, 5) is 25.7. The molecule has 1 aromatic rings. The van der Waals surface area contributed by atoms with E-state index in [0.717, 1.165) is 19.6 Å². The second-order valence-electron chi connectivity index (χ2n) is 5.48. The Balaban J connectivity index is 0.00000242. The summed E-state index contributed by atoms with van der Waals surface area (Å²) in [6.07, 6.45) is 1.52. The fourth-order valence-corrected chi connectivity index (χ4v) is 2.74. The first-order chi connectivity index (χ1) is 10.2. The standard InChI is InChI=1S/C17H23NO3.ClH/c1-2-21-17(20)9-8-15-13-18(11-10-16(15)19)12-14-6-4-3-5-7-14;/h3-7,15H,2,8-13H2,1H3;1H. The van der Waals surface area contributed by atoms with Gasteiger partial charge in [0.2, 0.25) is 0 Å². The second kappa shape index (κ2) is 9.59. The van der Waals surface area contributed by atoms with Crippen molar-refractivity contribution in [2.24, 2.45) is 5.92 Å². The van der Waals surface area contributed by atoms with Gasteiger partial charge < -0.3 is 4.74 Å². The summed E-state index contributed by atoms with van der Waals surface area (Å²) in [5.74, 6) is 0.0426. The zero-order valence-electron chi connectivity index (χ0n) is 13.0. The number of esters is 1. The van der Waals surface area contributed by atoms with E-state index < -0.39 is 0 Å². The van der Waals surface area contributed by atoms with Crippen LogP contribution in [0.15, 0.2) is 30.3 Å². The smallest absolute Gasteiger partial charge is 0.305 e. The van der Waals surface area contributed by atoms with Gasteiger partial charge in [-0.25, -0.2) is 0 Å². The van der Waals surface area contributed by atoms with E-state index in [1.54, 1.807) is 6.92 Å². The summed E-state index contributed by atoms with van der Waals surface area (Å²) >= 11 is 0. The first-order valence-corrected chi connectivity index (χ1v) is 7.63. The van der Waals surface area contributed by atoms with Crippen LogP contribution in [0, 0.1) is 5.92 Å². The number of carbonyl (C=O) groups excluding carboxylic acids is 2. The molecule has 0 saturated carbocycles. The summed E-state index contributed by atoms with van der Waals surface area (Å²) in [6.45, 7) is 4.61. The van der Waals surface area contributed by atoms with Gasteiger partial charge in [0.05, 0.1) is 6.61 Å². The van der Waals surface area contributed by atoms with E-state index in [4.69, 9.17) is 4.74 Å². The van der Waals surface area contributed by atoms with Crippen LogP contribution < -0.4 is 0 Å². The van der Waals surface area contributed by atoms with Crippen molar-refractivity contribution in [2.75, 3.05) is 19.7 Å². The van der Waals surface area contributed by atoms with Gasteiger partial charge in [0, 0.05) is 38.4 Å². The molecule has 1 atom stereocenters. The van der Waals surface area contributed by atoms with Crippen LogP contribution in [0.1, 0.15) is 31.7 Å². The maximum Gasteiger partial charge on any atom is 0.305 e. The highest BCUT2D eigenvalue weighted by molar-refractivity contribution is 5.85. The number of hydrogen-bond acceptors (Lipinski definition) is 4. The molecule has 1 aromatic carbocycles. The van der Waals surface area contributed by atoms with Gasteiger partial charge in [-0.3, -0.25) is 14.5 Å². The highest BCUT2D eigenvalue weighted by Gasteiger charge is 2.27. The average molecular weight is 326 g/mol. The monoisotopic (exact) mass is 325 g/mol. The van der Waals surface area contributed by atoms with E-state index in [2.05, 4.69) is 17.0 Å². The van der Waals surface area contributed by atoms with Gasteiger partial charge in [0.15, 0.2) is 0 Å². The van der Waals surface area contributed by atoms with E-state index in [1.807, 2.05) is 18.2 Å². The quantitative estimate of drug-likeness (QED) is 0.755. The van der Waals surface area contributed by atoms with Gasteiger partial charge in [-0.1, -0.05) is 30.3 Å². The number of ether oxygens (including phenoxy) is 1. The average Bonchev–Trinajstić information content (AvgIpc) is 2.49. The molecule has 4 nitrogen and oxygen atoms in total. The molecule has 0 bridgehead atoms. The molecule has 0 N–H and O–H groups in total. The Kier molecular flexibility index (Phi) is 8.13. The van der Waals surface area contributed by atoms with Gasteiger partial charge in [-0.05, 0) is 18.9 Å². The lowest BCUT2D eigenvalue weighted by Gasteiger charge is -2.31. The van der Waals surface area contributed by atoms with Gasteiger partial charge in [0.1, 0.15) is 5.78 Å². The number of likely N-dealkylation sites (tertiary alicyclic amines) is 1. The Bertz CT molecular complexity index is 478. The van der Waals surface area contributed by atoms with Crippen LogP contribution in [0.4, 0.5) is 0 Å². The summed E-state index contributed by atoms with van der Waals surface area (Å²) in [5, 5.41) is 0.